The molecule has 112 valence electrons. The summed E-state index contributed by atoms with van der Waals surface area (Å²) in [6.45, 7) is -0.0332. The van der Waals surface area contributed by atoms with Crippen molar-refractivity contribution in [1.82, 2.24) is 9.88 Å². The Balaban J connectivity index is 1.99. The molecule has 0 unspecified atom stereocenters. The topological polar surface area (TPSA) is 36.4 Å². The van der Waals surface area contributed by atoms with Crippen LogP contribution in [0.15, 0.2) is 11.6 Å². The molecule has 1 aliphatic rings. The molecular weight excluding hydrogens is 305 g/mol. The van der Waals surface area contributed by atoms with Crippen LogP contribution in [-0.2, 0) is 4.79 Å². The largest absolute Gasteiger partial charge is 0.463 e. The number of rotatable bonds is 2. The number of carbonyl (C=O) groups excluding carboxylic acids is 1. The third kappa shape index (κ3) is 2.69. The average molecular weight is 315 g/mol. The van der Waals surface area contributed by atoms with Crippen molar-refractivity contribution in [3.05, 3.63) is 11.6 Å². The number of carbonyl (C=O) groups is 1. The first-order valence-electron chi connectivity index (χ1n) is 5.62. The van der Waals surface area contributed by atoms with E-state index in [1.165, 1.54) is 11.3 Å². The van der Waals surface area contributed by atoms with Gasteiger partial charge < -0.3 is 9.80 Å². The Morgan fingerprint density at radius 3 is 2.20 bits per heavy atom. The molecule has 4 nitrogen and oxygen atoms in total. The van der Waals surface area contributed by atoms with Gasteiger partial charge in [-0.3, -0.25) is 4.79 Å². The molecule has 0 atom stereocenters. The second-order valence-corrected chi connectivity index (χ2v) is 5.04. The average Bonchev–Trinajstić information content (AvgIpc) is 2.90. The SMILES string of the molecule is O=C(N1CCN(c2nccs2)CC1)C(F)(F)C(F)(F)F. The van der Waals surface area contributed by atoms with Gasteiger partial charge in [0.1, 0.15) is 0 Å². The van der Waals surface area contributed by atoms with Crippen molar-refractivity contribution in [2.75, 3.05) is 31.1 Å². The lowest BCUT2D eigenvalue weighted by Gasteiger charge is -2.36. The van der Waals surface area contributed by atoms with Crippen LogP contribution < -0.4 is 4.90 Å². The van der Waals surface area contributed by atoms with E-state index in [0.717, 1.165) is 0 Å². The first-order valence-corrected chi connectivity index (χ1v) is 6.50. The fraction of sp³-hybridized carbons (Fsp3) is 0.600. The number of thiazole rings is 1. The molecular formula is C10H10F5N3OS. The lowest BCUT2D eigenvalue weighted by atomic mass is 10.2. The normalized spacial score (nSPS) is 17.4. The quantitative estimate of drug-likeness (QED) is 0.783. The summed E-state index contributed by atoms with van der Waals surface area (Å²) < 4.78 is 62.2. The highest BCUT2D eigenvalue weighted by atomic mass is 32.1. The molecule has 20 heavy (non-hydrogen) atoms. The van der Waals surface area contributed by atoms with Gasteiger partial charge in [0, 0.05) is 37.8 Å². The Hall–Kier alpha value is -1.45. The zero-order chi connectivity index (χ0) is 15.0. The summed E-state index contributed by atoms with van der Waals surface area (Å²) >= 11 is 1.33. The van der Waals surface area contributed by atoms with Gasteiger partial charge in [-0.05, 0) is 0 Å². The number of aromatic nitrogens is 1. The zero-order valence-electron chi connectivity index (χ0n) is 10.0. The Labute approximate surface area is 114 Å². The Morgan fingerprint density at radius 1 is 1.15 bits per heavy atom. The Kier molecular flexibility index (Phi) is 3.85. The molecule has 10 heteroatoms. The van der Waals surface area contributed by atoms with Gasteiger partial charge in [-0.2, -0.15) is 22.0 Å². The minimum atomic E-state index is -5.86. The molecule has 0 spiro atoms. The standard InChI is InChI=1S/C10H10F5N3OS/c11-9(12,10(13,14)15)7(19)17-2-4-18(5-3-17)8-16-1-6-20-8/h1,6H,2-5H2. The summed E-state index contributed by atoms with van der Waals surface area (Å²) in [5.41, 5.74) is 0. The van der Waals surface area contributed by atoms with Crippen molar-refractivity contribution < 1.29 is 26.7 Å². The first kappa shape index (κ1) is 14.9. The maximum atomic E-state index is 12.9. The molecule has 0 aromatic carbocycles. The van der Waals surface area contributed by atoms with Crippen LogP contribution in [0.5, 0.6) is 0 Å². The van der Waals surface area contributed by atoms with E-state index in [9.17, 15) is 26.7 Å². The summed E-state index contributed by atoms with van der Waals surface area (Å²) in [5.74, 6) is -7.53. The summed E-state index contributed by atoms with van der Waals surface area (Å²) in [7, 11) is 0. The predicted octanol–water partition coefficient (Wildman–Crippen LogP) is 1.99. The van der Waals surface area contributed by atoms with Gasteiger partial charge in [0.05, 0.1) is 0 Å². The Morgan fingerprint density at radius 2 is 1.75 bits per heavy atom. The molecule has 0 bridgehead atoms. The number of piperazine rings is 1. The van der Waals surface area contributed by atoms with Crippen molar-refractivity contribution in [2.24, 2.45) is 0 Å². The van der Waals surface area contributed by atoms with Crippen LogP contribution in [-0.4, -0.2) is 54.1 Å². The number of halogens is 5. The third-order valence-electron chi connectivity index (χ3n) is 2.88. The van der Waals surface area contributed by atoms with Gasteiger partial charge >= 0.3 is 18.0 Å². The molecule has 2 rings (SSSR count). The van der Waals surface area contributed by atoms with Crippen LogP contribution in [0.4, 0.5) is 27.1 Å². The van der Waals surface area contributed by atoms with Crippen molar-refractivity contribution in [3.63, 3.8) is 0 Å². The second-order valence-electron chi connectivity index (χ2n) is 4.17. The minimum absolute atomic E-state index is 0.174. The van der Waals surface area contributed by atoms with E-state index in [4.69, 9.17) is 0 Å². The summed E-state index contributed by atoms with van der Waals surface area (Å²) in [6, 6.07) is 0. The smallest absolute Gasteiger partial charge is 0.345 e. The van der Waals surface area contributed by atoms with Crippen LogP contribution in [0.2, 0.25) is 0 Å². The number of hydrogen-bond donors (Lipinski definition) is 0. The Bertz CT molecular complexity index is 468. The lowest BCUT2D eigenvalue weighted by molar-refractivity contribution is -0.274. The molecule has 0 radical (unpaired) electrons. The summed E-state index contributed by atoms with van der Waals surface area (Å²) in [6.07, 6.45) is -4.30. The van der Waals surface area contributed by atoms with Crippen molar-refractivity contribution in [3.8, 4) is 0 Å². The molecule has 0 N–H and O–H groups in total. The molecule has 0 aliphatic carbocycles. The van der Waals surface area contributed by atoms with Crippen molar-refractivity contribution in [2.45, 2.75) is 12.1 Å². The van der Waals surface area contributed by atoms with E-state index in [1.807, 2.05) is 0 Å². The highest BCUT2D eigenvalue weighted by molar-refractivity contribution is 7.13. The summed E-state index contributed by atoms with van der Waals surface area (Å²) in [5, 5.41) is 2.38. The predicted molar refractivity (Wildman–Crippen MR) is 61.9 cm³/mol. The molecule has 1 amide bonds. The van der Waals surface area contributed by atoms with Crippen LogP contribution >= 0.6 is 11.3 Å². The van der Waals surface area contributed by atoms with E-state index in [-0.39, 0.29) is 26.2 Å². The van der Waals surface area contributed by atoms with E-state index in [2.05, 4.69) is 4.98 Å². The van der Waals surface area contributed by atoms with E-state index in [1.54, 1.807) is 16.5 Å². The molecule has 1 aromatic rings. The van der Waals surface area contributed by atoms with Crippen LogP contribution in [0.3, 0.4) is 0 Å². The molecule has 1 aromatic heterocycles. The van der Waals surface area contributed by atoms with E-state index >= 15 is 0 Å². The zero-order valence-corrected chi connectivity index (χ0v) is 10.8. The minimum Gasteiger partial charge on any atom is -0.345 e. The third-order valence-corrected chi connectivity index (χ3v) is 3.71. The molecule has 0 saturated carbocycles. The molecule has 2 heterocycles. The second kappa shape index (κ2) is 5.15. The number of anilines is 1. The first-order chi connectivity index (χ1) is 9.23. The monoisotopic (exact) mass is 315 g/mol. The fourth-order valence-corrected chi connectivity index (χ4v) is 2.49. The summed E-state index contributed by atoms with van der Waals surface area (Å²) in [4.78, 5) is 17.6. The number of nitrogens with zero attached hydrogens (tertiary/aromatic N) is 3. The van der Waals surface area contributed by atoms with Crippen molar-refractivity contribution in [1.29, 1.82) is 0 Å². The van der Waals surface area contributed by atoms with Crippen LogP contribution in [0, 0.1) is 0 Å². The fourth-order valence-electron chi connectivity index (χ4n) is 1.79. The maximum Gasteiger partial charge on any atom is 0.463 e. The number of hydrogen-bond acceptors (Lipinski definition) is 4. The van der Waals surface area contributed by atoms with Gasteiger partial charge in [0.15, 0.2) is 5.13 Å². The highest BCUT2D eigenvalue weighted by Gasteiger charge is 2.64. The van der Waals surface area contributed by atoms with Gasteiger partial charge in [0.25, 0.3) is 0 Å². The van der Waals surface area contributed by atoms with Gasteiger partial charge in [-0.1, -0.05) is 0 Å². The number of alkyl halides is 5. The maximum absolute atomic E-state index is 12.9. The van der Waals surface area contributed by atoms with Crippen LogP contribution in [0.1, 0.15) is 0 Å². The number of amides is 1. The van der Waals surface area contributed by atoms with Crippen LogP contribution in [0.25, 0.3) is 0 Å². The van der Waals surface area contributed by atoms with E-state index < -0.39 is 18.0 Å². The molecule has 1 aliphatic heterocycles. The molecule has 1 saturated heterocycles. The van der Waals surface area contributed by atoms with E-state index in [0.29, 0.717) is 10.0 Å². The van der Waals surface area contributed by atoms with Crippen molar-refractivity contribution >= 4 is 22.4 Å². The highest BCUT2D eigenvalue weighted by Crippen LogP contribution is 2.37. The lowest BCUT2D eigenvalue weighted by Crippen LogP contribution is -2.57. The van der Waals surface area contributed by atoms with Gasteiger partial charge in [-0.25, -0.2) is 4.98 Å². The van der Waals surface area contributed by atoms with Gasteiger partial charge in [-0.15, -0.1) is 11.3 Å². The van der Waals surface area contributed by atoms with Gasteiger partial charge in [0.2, 0.25) is 0 Å². The molecule has 1 fully saturated rings.